The zero-order valence-electron chi connectivity index (χ0n) is 28.5. The molecule has 0 radical (unpaired) electrons. The fourth-order valence-electron chi connectivity index (χ4n) is 8.17. The summed E-state index contributed by atoms with van der Waals surface area (Å²) in [6, 6.07) is 15.1. The summed E-state index contributed by atoms with van der Waals surface area (Å²) in [7, 11) is 0. The van der Waals surface area contributed by atoms with Gasteiger partial charge in [-0.05, 0) is 74.8 Å². The minimum absolute atomic E-state index is 0.0196. The van der Waals surface area contributed by atoms with Crippen LogP contribution in [-0.4, -0.2) is 92.1 Å². The number of phenols is 1. The Labute approximate surface area is 295 Å². The lowest BCUT2D eigenvalue weighted by molar-refractivity contribution is -0.137. The number of hydrogen-bond acceptors (Lipinski definition) is 11. The molecule has 2 aromatic carbocycles. The van der Waals surface area contributed by atoms with E-state index in [1.165, 1.54) is 5.56 Å². The molecule has 1 atom stereocenters. The minimum Gasteiger partial charge on any atom is -0.507 e. The summed E-state index contributed by atoms with van der Waals surface area (Å²) < 4.78 is 7.86. The van der Waals surface area contributed by atoms with Gasteiger partial charge in [0.2, 0.25) is 11.8 Å². The zero-order valence-corrected chi connectivity index (χ0v) is 28.5. The van der Waals surface area contributed by atoms with Crippen LogP contribution in [0.5, 0.6) is 11.5 Å². The SMILES string of the molecule is C[C@@]1(N2CCOc3c2cccc3[C@H]2CC[C@H](N3CCN(c4cnn(-c5cc(-c6ccccc6O)nnc5N)c4)C(=O)C3)CC2)CCC(=O)NC1=O. The number of carbonyl (C=O) groups is 3. The highest BCUT2D eigenvalue weighted by atomic mass is 16.5. The molecular formula is C37H41N9O5. The number of nitrogen functional groups attached to an aromatic ring is 1. The number of fused-ring (bicyclic) bond motifs is 1. The Morgan fingerprint density at radius 3 is 2.59 bits per heavy atom. The van der Waals surface area contributed by atoms with E-state index in [-0.39, 0.29) is 29.3 Å². The summed E-state index contributed by atoms with van der Waals surface area (Å²) in [5.74, 6) is 0.972. The van der Waals surface area contributed by atoms with E-state index in [9.17, 15) is 19.5 Å². The number of nitrogens with zero attached hydrogens (tertiary/aromatic N) is 7. The molecule has 0 bridgehead atoms. The second-order valence-electron chi connectivity index (χ2n) is 14.0. The third kappa shape index (κ3) is 5.92. The maximum atomic E-state index is 13.5. The fourth-order valence-corrected chi connectivity index (χ4v) is 8.17. The van der Waals surface area contributed by atoms with Gasteiger partial charge >= 0.3 is 0 Å². The first kappa shape index (κ1) is 32.7. The summed E-state index contributed by atoms with van der Waals surface area (Å²) in [5.41, 5.74) is 9.60. The van der Waals surface area contributed by atoms with Crippen molar-refractivity contribution in [2.24, 2.45) is 0 Å². The van der Waals surface area contributed by atoms with Crippen LogP contribution in [0.1, 0.15) is 56.9 Å². The zero-order chi connectivity index (χ0) is 35.3. The second-order valence-corrected chi connectivity index (χ2v) is 14.0. The summed E-state index contributed by atoms with van der Waals surface area (Å²) in [4.78, 5) is 44.6. The first-order valence-electron chi connectivity index (χ1n) is 17.6. The average Bonchev–Trinajstić information content (AvgIpc) is 3.63. The molecular weight excluding hydrogens is 650 g/mol. The Morgan fingerprint density at radius 1 is 0.980 bits per heavy atom. The third-order valence-electron chi connectivity index (χ3n) is 11.1. The third-order valence-corrected chi connectivity index (χ3v) is 11.1. The van der Waals surface area contributed by atoms with Crippen molar-refractivity contribution in [3.8, 4) is 28.4 Å². The molecule has 0 unspecified atom stereocenters. The lowest BCUT2D eigenvalue weighted by Crippen LogP contribution is -2.63. The van der Waals surface area contributed by atoms with Gasteiger partial charge in [-0.2, -0.15) is 5.10 Å². The predicted molar refractivity (Wildman–Crippen MR) is 190 cm³/mol. The number of rotatable bonds is 6. The van der Waals surface area contributed by atoms with Gasteiger partial charge in [0, 0.05) is 31.1 Å². The average molecular weight is 692 g/mol. The lowest BCUT2D eigenvalue weighted by Gasteiger charge is -2.46. The fraction of sp³-hybridized carbons (Fsp3) is 0.405. The number of carbonyl (C=O) groups excluding carboxylic acids is 3. The molecule has 3 amide bonds. The minimum atomic E-state index is -0.809. The van der Waals surface area contributed by atoms with Gasteiger partial charge in [0.15, 0.2) is 5.82 Å². The number of phenolic OH excluding ortho intramolecular Hbond substituents is 1. The van der Waals surface area contributed by atoms with E-state index in [0.717, 1.165) is 43.7 Å². The van der Waals surface area contributed by atoms with Crippen molar-refractivity contribution in [2.45, 2.75) is 62.9 Å². The number of aromatic hydroxyl groups is 1. The van der Waals surface area contributed by atoms with E-state index < -0.39 is 5.54 Å². The number of nitrogens with one attached hydrogen (secondary N) is 1. The highest BCUT2D eigenvalue weighted by Crippen LogP contribution is 2.46. The number of ether oxygens (including phenoxy) is 1. The summed E-state index contributed by atoms with van der Waals surface area (Å²) in [6.07, 6.45) is 8.11. The molecule has 4 aromatic rings. The van der Waals surface area contributed by atoms with Gasteiger partial charge in [-0.15, -0.1) is 10.2 Å². The number of amides is 3. The molecule has 2 saturated heterocycles. The van der Waals surface area contributed by atoms with E-state index in [0.29, 0.717) is 73.7 Å². The van der Waals surface area contributed by atoms with Crippen LogP contribution in [0.4, 0.5) is 17.2 Å². The van der Waals surface area contributed by atoms with Gasteiger partial charge in [-0.25, -0.2) is 4.68 Å². The standard InChI is InChI=1S/C37H41N9O5/c1-37(14-13-32(48)40-36(37)50)45-17-18-51-34-26(6-4-7-29(34)45)23-9-11-24(12-10-23)43-15-16-44(33(49)22-43)25-20-39-46(21-25)30-19-28(41-42-35(30)38)27-5-2-3-8-31(27)47/h2-8,19-21,23-24,47H,9-18,22H2,1H3,(H2,38,42)(H,40,48,50)/t23-,24-,37-/m1/s1. The molecule has 3 aliphatic heterocycles. The summed E-state index contributed by atoms with van der Waals surface area (Å²) >= 11 is 0. The van der Waals surface area contributed by atoms with Crippen LogP contribution >= 0.6 is 0 Å². The molecule has 264 valence electrons. The quantitative estimate of drug-likeness (QED) is 0.253. The second kappa shape index (κ2) is 13.0. The van der Waals surface area contributed by atoms with E-state index in [2.05, 4.69) is 36.5 Å². The van der Waals surface area contributed by atoms with Crippen LogP contribution < -0.4 is 25.6 Å². The molecule has 4 aliphatic rings. The number of benzene rings is 2. The number of nitrogens with two attached hydrogens (primary N) is 1. The van der Waals surface area contributed by atoms with Gasteiger partial charge in [-0.3, -0.25) is 24.6 Å². The number of hydrogen-bond donors (Lipinski definition) is 3. The van der Waals surface area contributed by atoms with E-state index >= 15 is 0 Å². The van der Waals surface area contributed by atoms with Gasteiger partial charge < -0.3 is 25.4 Å². The van der Waals surface area contributed by atoms with E-state index in [1.807, 2.05) is 19.1 Å². The molecule has 2 aromatic heterocycles. The Hall–Kier alpha value is -5.50. The maximum Gasteiger partial charge on any atom is 0.252 e. The molecule has 14 nitrogen and oxygen atoms in total. The summed E-state index contributed by atoms with van der Waals surface area (Å²) in [5, 5.41) is 25.5. The van der Waals surface area contributed by atoms with Crippen LogP contribution in [-0.2, 0) is 14.4 Å². The molecule has 3 fully saturated rings. The summed E-state index contributed by atoms with van der Waals surface area (Å²) in [6.45, 7) is 4.61. The van der Waals surface area contributed by atoms with Crippen LogP contribution in [0.15, 0.2) is 60.9 Å². The van der Waals surface area contributed by atoms with Crippen molar-refractivity contribution in [2.75, 3.05) is 48.3 Å². The smallest absolute Gasteiger partial charge is 0.252 e. The molecule has 8 rings (SSSR count). The van der Waals surface area contributed by atoms with Crippen molar-refractivity contribution in [1.29, 1.82) is 0 Å². The normalized spacial score (nSPS) is 24.2. The first-order valence-corrected chi connectivity index (χ1v) is 17.6. The van der Waals surface area contributed by atoms with Crippen LogP contribution in [0.2, 0.25) is 0 Å². The predicted octanol–water partition coefficient (Wildman–Crippen LogP) is 3.39. The van der Waals surface area contributed by atoms with Crippen LogP contribution in [0.25, 0.3) is 16.9 Å². The molecule has 1 saturated carbocycles. The number of imide groups is 1. The monoisotopic (exact) mass is 691 g/mol. The molecule has 4 N–H and O–H groups in total. The number of piperidine rings is 1. The number of anilines is 3. The molecule has 1 aliphatic carbocycles. The molecule has 51 heavy (non-hydrogen) atoms. The Kier molecular flexibility index (Phi) is 8.33. The van der Waals surface area contributed by atoms with Crippen LogP contribution in [0, 0.1) is 0 Å². The van der Waals surface area contributed by atoms with Crippen molar-refractivity contribution in [3.63, 3.8) is 0 Å². The maximum absolute atomic E-state index is 13.5. The molecule has 14 heteroatoms. The van der Waals surface area contributed by atoms with Gasteiger partial charge in [0.05, 0.1) is 42.6 Å². The van der Waals surface area contributed by atoms with Gasteiger partial charge in [-0.1, -0.05) is 24.3 Å². The topological polar surface area (TPSA) is 172 Å². The lowest BCUT2D eigenvalue weighted by atomic mass is 9.80. The van der Waals surface area contributed by atoms with Crippen molar-refractivity contribution in [3.05, 3.63) is 66.5 Å². The van der Waals surface area contributed by atoms with E-state index in [4.69, 9.17) is 10.5 Å². The van der Waals surface area contributed by atoms with Crippen LogP contribution in [0.3, 0.4) is 0 Å². The van der Waals surface area contributed by atoms with Crippen molar-refractivity contribution < 1.29 is 24.2 Å². The Balaban J connectivity index is 0.912. The van der Waals surface area contributed by atoms with Crippen molar-refractivity contribution in [1.82, 2.24) is 30.2 Å². The number of para-hydroxylation sites is 2. The Bertz CT molecular complexity index is 2010. The molecule has 0 spiro atoms. The van der Waals surface area contributed by atoms with Gasteiger partial charge in [0.1, 0.15) is 29.3 Å². The van der Waals surface area contributed by atoms with E-state index in [1.54, 1.807) is 52.3 Å². The first-order chi connectivity index (χ1) is 24.7. The number of piperazine rings is 1. The largest absolute Gasteiger partial charge is 0.507 e. The molecule has 5 heterocycles. The van der Waals surface area contributed by atoms with Gasteiger partial charge in [0.25, 0.3) is 5.91 Å². The van der Waals surface area contributed by atoms with Crippen molar-refractivity contribution >= 4 is 34.9 Å². The highest BCUT2D eigenvalue weighted by Gasteiger charge is 2.46. The highest BCUT2D eigenvalue weighted by molar-refractivity contribution is 6.04. The Morgan fingerprint density at radius 2 is 1.80 bits per heavy atom. The number of aromatic nitrogens is 4.